The molecule has 3 atom stereocenters. The SMILES string of the molecule is COc1cc(O)c2c(c1)[C@]13CCN(C)[C@H](C2)[C@@H]1CCC(=O)C3. The number of ketones is 1. The number of nitrogens with zero attached hydrogens (tertiary/aromatic N) is 1. The van der Waals surface area contributed by atoms with Crippen molar-refractivity contribution in [1.29, 1.82) is 0 Å². The molecule has 2 aliphatic carbocycles. The van der Waals surface area contributed by atoms with E-state index in [1.807, 2.05) is 0 Å². The van der Waals surface area contributed by atoms with Crippen LogP contribution >= 0.6 is 0 Å². The van der Waals surface area contributed by atoms with Crippen molar-refractivity contribution in [2.75, 3.05) is 20.7 Å². The molecule has 0 spiro atoms. The second kappa shape index (κ2) is 4.72. The van der Waals surface area contributed by atoms with Gasteiger partial charge in [-0.15, -0.1) is 0 Å². The van der Waals surface area contributed by atoms with E-state index in [0.717, 1.165) is 31.4 Å². The van der Waals surface area contributed by atoms with Crippen LogP contribution in [0.25, 0.3) is 0 Å². The highest BCUT2D eigenvalue weighted by Gasteiger charge is 2.55. The number of piperidine rings is 1. The number of phenolic OH excluding ortho intramolecular Hbond substituents is 1. The molecule has 1 saturated carbocycles. The van der Waals surface area contributed by atoms with Gasteiger partial charge in [0, 0.05) is 30.4 Å². The summed E-state index contributed by atoms with van der Waals surface area (Å²) in [5, 5.41) is 10.5. The number of rotatable bonds is 1. The van der Waals surface area contributed by atoms with Gasteiger partial charge in [-0.1, -0.05) is 0 Å². The van der Waals surface area contributed by atoms with Gasteiger partial charge in [0.15, 0.2) is 0 Å². The zero-order valence-electron chi connectivity index (χ0n) is 13.3. The number of hydrogen-bond donors (Lipinski definition) is 1. The minimum atomic E-state index is -0.0912. The summed E-state index contributed by atoms with van der Waals surface area (Å²) >= 11 is 0. The Kier molecular flexibility index (Phi) is 3.02. The lowest BCUT2D eigenvalue weighted by Gasteiger charge is -2.58. The highest BCUT2D eigenvalue weighted by atomic mass is 16.5. The predicted octanol–water partition coefficient (Wildman–Crippen LogP) is 2.27. The molecule has 4 rings (SSSR count). The van der Waals surface area contributed by atoms with E-state index in [1.54, 1.807) is 13.2 Å². The third-order valence-corrected chi connectivity index (χ3v) is 6.28. The molecule has 1 aromatic carbocycles. The number of aromatic hydroxyl groups is 1. The summed E-state index contributed by atoms with van der Waals surface area (Å²) in [5.74, 6) is 1.91. The van der Waals surface area contributed by atoms with E-state index in [1.165, 1.54) is 5.56 Å². The molecule has 2 fully saturated rings. The van der Waals surface area contributed by atoms with Crippen LogP contribution in [-0.4, -0.2) is 42.5 Å². The van der Waals surface area contributed by atoms with Gasteiger partial charge in [0.2, 0.25) is 0 Å². The van der Waals surface area contributed by atoms with Crippen LogP contribution in [-0.2, 0) is 16.6 Å². The van der Waals surface area contributed by atoms with Crippen LogP contribution in [0, 0.1) is 5.92 Å². The normalized spacial score (nSPS) is 34.0. The van der Waals surface area contributed by atoms with Crippen LogP contribution < -0.4 is 4.74 Å². The molecule has 1 N–H and O–H groups in total. The molecule has 0 aromatic heterocycles. The molecule has 1 aromatic rings. The second-order valence-electron chi connectivity index (χ2n) is 7.19. The fourth-order valence-corrected chi connectivity index (χ4v) is 5.19. The van der Waals surface area contributed by atoms with Crippen LogP contribution in [0.1, 0.15) is 36.8 Å². The number of carbonyl (C=O) groups excluding carboxylic acids is 1. The molecule has 4 nitrogen and oxygen atoms in total. The van der Waals surface area contributed by atoms with E-state index < -0.39 is 0 Å². The number of likely N-dealkylation sites (tertiary alicyclic amines) is 1. The maximum Gasteiger partial charge on any atom is 0.133 e. The summed E-state index contributed by atoms with van der Waals surface area (Å²) in [5.41, 5.74) is 2.11. The van der Waals surface area contributed by atoms with E-state index in [2.05, 4.69) is 18.0 Å². The van der Waals surface area contributed by atoms with Gasteiger partial charge in [0.1, 0.15) is 17.3 Å². The van der Waals surface area contributed by atoms with Gasteiger partial charge in [-0.25, -0.2) is 0 Å². The summed E-state index contributed by atoms with van der Waals surface area (Å²) in [6.07, 6.45) is 4.19. The van der Waals surface area contributed by atoms with Crippen molar-refractivity contribution in [1.82, 2.24) is 4.90 Å². The molecule has 4 heteroatoms. The van der Waals surface area contributed by atoms with Gasteiger partial charge in [0.25, 0.3) is 0 Å². The molecule has 1 heterocycles. The van der Waals surface area contributed by atoms with E-state index in [0.29, 0.717) is 42.1 Å². The third-order valence-electron chi connectivity index (χ3n) is 6.28. The number of likely N-dealkylation sites (N-methyl/N-ethyl adjacent to an activating group) is 1. The zero-order chi connectivity index (χ0) is 15.5. The minimum Gasteiger partial charge on any atom is -0.508 e. The van der Waals surface area contributed by atoms with Crippen LogP contribution in [0.3, 0.4) is 0 Å². The van der Waals surface area contributed by atoms with Crippen molar-refractivity contribution in [3.8, 4) is 11.5 Å². The molecule has 0 unspecified atom stereocenters. The van der Waals surface area contributed by atoms with Crippen LogP contribution in [0.4, 0.5) is 0 Å². The van der Waals surface area contributed by atoms with Crippen LogP contribution in [0.5, 0.6) is 11.5 Å². The molecule has 0 radical (unpaired) electrons. The molecule has 2 bridgehead atoms. The van der Waals surface area contributed by atoms with Gasteiger partial charge in [-0.3, -0.25) is 4.79 Å². The largest absolute Gasteiger partial charge is 0.508 e. The van der Waals surface area contributed by atoms with E-state index in [4.69, 9.17) is 4.74 Å². The minimum absolute atomic E-state index is 0.0912. The zero-order valence-corrected chi connectivity index (χ0v) is 13.3. The predicted molar refractivity (Wildman–Crippen MR) is 83.4 cm³/mol. The summed E-state index contributed by atoms with van der Waals surface area (Å²) in [6.45, 7) is 1.02. The fourth-order valence-electron chi connectivity index (χ4n) is 5.19. The third kappa shape index (κ3) is 1.76. The maximum atomic E-state index is 12.2. The first kappa shape index (κ1) is 14.1. The quantitative estimate of drug-likeness (QED) is 0.864. The molecular weight excluding hydrogens is 278 g/mol. The van der Waals surface area contributed by atoms with Crippen molar-refractivity contribution < 1.29 is 14.6 Å². The molecule has 118 valence electrons. The highest BCUT2D eigenvalue weighted by Crippen LogP contribution is 2.56. The van der Waals surface area contributed by atoms with E-state index >= 15 is 0 Å². The smallest absolute Gasteiger partial charge is 0.133 e. The molecule has 3 aliphatic rings. The van der Waals surface area contributed by atoms with Crippen LogP contribution in [0.2, 0.25) is 0 Å². The lowest BCUT2D eigenvalue weighted by molar-refractivity contribution is -0.126. The Balaban J connectivity index is 1.94. The Bertz CT molecular complexity index is 641. The lowest BCUT2D eigenvalue weighted by atomic mass is 9.52. The van der Waals surface area contributed by atoms with E-state index in [-0.39, 0.29) is 5.41 Å². The number of benzene rings is 1. The molecular formula is C18H23NO3. The van der Waals surface area contributed by atoms with Crippen molar-refractivity contribution in [3.63, 3.8) is 0 Å². The number of carbonyl (C=O) groups is 1. The first-order valence-electron chi connectivity index (χ1n) is 8.17. The fraction of sp³-hybridized carbons (Fsp3) is 0.611. The first-order chi connectivity index (χ1) is 10.5. The molecule has 0 amide bonds. The van der Waals surface area contributed by atoms with Gasteiger partial charge < -0.3 is 14.7 Å². The van der Waals surface area contributed by atoms with Crippen molar-refractivity contribution in [3.05, 3.63) is 23.3 Å². The standard InChI is InChI=1S/C18H23NO3/c1-19-6-5-18-10-11(20)3-4-14(18)16(19)9-13-15(18)7-12(22-2)8-17(13)21/h7-8,14,16,21H,3-6,9-10H2,1-2H3/t14-,16+,18-/m0/s1. The average Bonchev–Trinajstić information content (AvgIpc) is 2.51. The van der Waals surface area contributed by atoms with Gasteiger partial charge in [0.05, 0.1) is 7.11 Å². The summed E-state index contributed by atoms with van der Waals surface area (Å²) in [7, 11) is 3.80. The first-order valence-corrected chi connectivity index (χ1v) is 8.17. The Labute approximate surface area is 131 Å². The van der Waals surface area contributed by atoms with E-state index in [9.17, 15) is 9.90 Å². The Morgan fingerprint density at radius 1 is 1.41 bits per heavy atom. The number of fused-ring (bicyclic) bond motifs is 1. The topological polar surface area (TPSA) is 49.8 Å². The lowest BCUT2D eigenvalue weighted by Crippen LogP contribution is -2.60. The Morgan fingerprint density at radius 2 is 2.23 bits per heavy atom. The summed E-state index contributed by atoms with van der Waals surface area (Å²) < 4.78 is 5.37. The van der Waals surface area contributed by atoms with Gasteiger partial charge >= 0.3 is 0 Å². The van der Waals surface area contributed by atoms with Gasteiger partial charge in [-0.2, -0.15) is 0 Å². The molecule has 1 aliphatic heterocycles. The Morgan fingerprint density at radius 3 is 3.00 bits per heavy atom. The Hall–Kier alpha value is -1.55. The van der Waals surface area contributed by atoms with Crippen LogP contribution in [0.15, 0.2) is 12.1 Å². The summed E-state index contributed by atoms with van der Waals surface area (Å²) in [6, 6.07) is 4.21. The van der Waals surface area contributed by atoms with Gasteiger partial charge in [-0.05, 0) is 56.0 Å². The van der Waals surface area contributed by atoms with Crippen molar-refractivity contribution in [2.24, 2.45) is 5.92 Å². The number of Topliss-reactive ketones (excluding diaryl/α,β-unsaturated/α-hetero) is 1. The monoisotopic (exact) mass is 301 g/mol. The highest BCUT2D eigenvalue weighted by molar-refractivity contribution is 5.82. The second-order valence-corrected chi connectivity index (χ2v) is 7.19. The molecule has 1 saturated heterocycles. The number of ether oxygens (including phenoxy) is 1. The number of hydrogen-bond acceptors (Lipinski definition) is 4. The van der Waals surface area contributed by atoms with Crippen molar-refractivity contribution >= 4 is 5.78 Å². The maximum absolute atomic E-state index is 12.2. The number of methoxy groups -OCH3 is 1. The molecule has 22 heavy (non-hydrogen) atoms. The summed E-state index contributed by atoms with van der Waals surface area (Å²) in [4.78, 5) is 14.7. The number of phenols is 1. The average molecular weight is 301 g/mol. The van der Waals surface area contributed by atoms with Crippen molar-refractivity contribution in [2.45, 2.75) is 43.6 Å².